The zero-order valence-corrected chi connectivity index (χ0v) is 21.3. The number of amides is 1. The van der Waals surface area contributed by atoms with Crippen LogP contribution < -0.4 is 14.8 Å². The van der Waals surface area contributed by atoms with Crippen LogP contribution in [0.2, 0.25) is 0 Å². The maximum atomic E-state index is 15.9. The Morgan fingerprint density at radius 1 is 1.14 bits per heavy atom. The van der Waals surface area contributed by atoms with E-state index in [1.54, 1.807) is 53.5 Å². The quantitative estimate of drug-likeness (QED) is 0.516. The average molecular weight is 498 g/mol. The summed E-state index contributed by atoms with van der Waals surface area (Å²) in [6, 6.07) is 7.31. The average Bonchev–Trinajstić information content (AvgIpc) is 2.85. The minimum absolute atomic E-state index is 0.0413. The number of piperidine rings is 1. The lowest BCUT2D eigenvalue weighted by Crippen LogP contribution is -2.52. The van der Waals surface area contributed by atoms with Gasteiger partial charge in [-0.3, -0.25) is 4.98 Å². The SMILES string of the molecule is COc1ccc(-c2cc3nccnc3c(NC[C@]3(F)CCCN(C(=O)OC(C)(C)C)C3)n2)cc1OC. The second kappa shape index (κ2) is 10.1. The molecule has 1 aromatic carbocycles. The minimum atomic E-state index is -1.65. The molecule has 192 valence electrons. The van der Waals surface area contributed by atoms with Crippen molar-refractivity contribution in [2.75, 3.05) is 39.2 Å². The van der Waals surface area contributed by atoms with Crippen LogP contribution in [0.5, 0.6) is 11.5 Å². The number of benzene rings is 1. The smallest absolute Gasteiger partial charge is 0.410 e. The van der Waals surface area contributed by atoms with Crippen molar-refractivity contribution in [2.45, 2.75) is 44.9 Å². The number of hydrogen-bond donors (Lipinski definition) is 1. The number of likely N-dealkylation sites (tertiary alicyclic amines) is 1. The molecule has 1 atom stereocenters. The van der Waals surface area contributed by atoms with Crippen molar-refractivity contribution in [1.29, 1.82) is 0 Å². The lowest BCUT2D eigenvalue weighted by atomic mass is 9.95. The highest BCUT2D eigenvalue weighted by Crippen LogP contribution is 2.34. The van der Waals surface area contributed by atoms with Gasteiger partial charge in [0.15, 0.2) is 17.3 Å². The van der Waals surface area contributed by atoms with Crippen LogP contribution in [0.3, 0.4) is 0 Å². The molecular weight excluding hydrogens is 465 g/mol. The maximum absolute atomic E-state index is 15.9. The van der Waals surface area contributed by atoms with Gasteiger partial charge in [-0.2, -0.15) is 0 Å². The van der Waals surface area contributed by atoms with Gasteiger partial charge in [-0.25, -0.2) is 19.2 Å². The summed E-state index contributed by atoms with van der Waals surface area (Å²) in [4.78, 5) is 27.5. The number of ether oxygens (including phenoxy) is 3. The van der Waals surface area contributed by atoms with Gasteiger partial charge in [0.25, 0.3) is 0 Å². The Labute approximate surface area is 210 Å². The molecule has 3 aromatic rings. The number of nitrogens with zero attached hydrogens (tertiary/aromatic N) is 4. The Morgan fingerprint density at radius 3 is 2.61 bits per heavy atom. The molecule has 36 heavy (non-hydrogen) atoms. The number of aromatic nitrogens is 3. The van der Waals surface area contributed by atoms with Crippen LogP contribution in [-0.2, 0) is 4.74 Å². The molecular formula is C26H32FN5O4. The van der Waals surface area contributed by atoms with Crippen molar-refractivity contribution in [3.8, 4) is 22.8 Å². The number of rotatable bonds is 6. The maximum Gasteiger partial charge on any atom is 0.410 e. The van der Waals surface area contributed by atoms with Crippen molar-refractivity contribution >= 4 is 22.9 Å². The molecule has 0 spiro atoms. The summed E-state index contributed by atoms with van der Waals surface area (Å²) in [5.41, 5.74) is 0.268. The van der Waals surface area contributed by atoms with E-state index in [1.807, 2.05) is 18.2 Å². The number of carbonyl (C=O) groups excluding carboxylic acids is 1. The number of pyridine rings is 1. The largest absolute Gasteiger partial charge is 0.493 e. The second-order valence-corrected chi connectivity index (χ2v) is 9.86. The summed E-state index contributed by atoms with van der Waals surface area (Å²) < 4.78 is 32.1. The first-order valence-electron chi connectivity index (χ1n) is 11.9. The fraction of sp³-hybridized carbons (Fsp3) is 0.462. The third-order valence-corrected chi connectivity index (χ3v) is 5.89. The third-order valence-electron chi connectivity index (χ3n) is 5.89. The molecule has 0 saturated carbocycles. The molecule has 1 amide bonds. The lowest BCUT2D eigenvalue weighted by Gasteiger charge is -2.38. The van der Waals surface area contributed by atoms with Crippen LogP contribution in [0.15, 0.2) is 36.7 Å². The molecule has 2 aromatic heterocycles. The van der Waals surface area contributed by atoms with E-state index in [2.05, 4.69) is 15.3 Å². The standard InChI is InChI=1S/C26H32FN5O4/c1-25(2,3)36-24(33)32-12-6-9-26(27,16-32)15-30-23-22-19(28-10-11-29-22)14-18(31-23)17-7-8-20(34-4)21(13-17)35-5/h7-8,10-11,13-14H,6,9,12,15-16H2,1-5H3,(H,30,31)/t26-/m1/s1. The highest BCUT2D eigenvalue weighted by atomic mass is 19.1. The number of methoxy groups -OCH3 is 2. The first kappa shape index (κ1) is 25.4. The predicted octanol–water partition coefficient (Wildman–Crippen LogP) is 4.86. The van der Waals surface area contributed by atoms with Crippen LogP contribution in [0.25, 0.3) is 22.3 Å². The fourth-order valence-electron chi connectivity index (χ4n) is 4.19. The van der Waals surface area contributed by atoms with E-state index in [4.69, 9.17) is 19.2 Å². The zero-order valence-electron chi connectivity index (χ0n) is 21.3. The number of nitrogens with one attached hydrogen (secondary N) is 1. The van der Waals surface area contributed by atoms with Gasteiger partial charge in [0, 0.05) is 24.5 Å². The Bertz CT molecular complexity index is 1250. The molecule has 1 aliphatic heterocycles. The minimum Gasteiger partial charge on any atom is -0.493 e. The molecule has 0 unspecified atom stereocenters. The van der Waals surface area contributed by atoms with Gasteiger partial charge in [-0.05, 0) is 57.9 Å². The van der Waals surface area contributed by atoms with Crippen LogP contribution in [-0.4, -0.2) is 71.1 Å². The Kier molecular flexibility index (Phi) is 7.14. The lowest BCUT2D eigenvalue weighted by molar-refractivity contribution is -0.00210. The van der Waals surface area contributed by atoms with Crippen molar-refractivity contribution in [3.63, 3.8) is 0 Å². The molecule has 0 aliphatic carbocycles. The van der Waals surface area contributed by atoms with Crippen LogP contribution >= 0.6 is 0 Å². The Morgan fingerprint density at radius 2 is 1.89 bits per heavy atom. The van der Waals surface area contributed by atoms with E-state index in [0.717, 1.165) is 5.56 Å². The number of alkyl halides is 1. The van der Waals surface area contributed by atoms with Crippen molar-refractivity contribution in [1.82, 2.24) is 19.9 Å². The molecule has 4 rings (SSSR count). The van der Waals surface area contributed by atoms with Crippen molar-refractivity contribution in [3.05, 3.63) is 36.7 Å². The Hall–Kier alpha value is -3.69. The number of anilines is 1. The highest BCUT2D eigenvalue weighted by Gasteiger charge is 2.39. The van der Waals surface area contributed by atoms with Crippen molar-refractivity contribution < 1.29 is 23.4 Å². The van der Waals surface area contributed by atoms with Gasteiger partial charge >= 0.3 is 6.09 Å². The molecule has 1 fully saturated rings. The molecule has 1 N–H and O–H groups in total. The summed E-state index contributed by atoms with van der Waals surface area (Å²) in [5.74, 6) is 1.58. The summed E-state index contributed by atoms with van der Waals surface area (Å²) in [6.07, 6.45) is 3.52. The highest BCUT2D eigenvalue weighted by molar-refractivity contribution is 5.88. The normalized spacial score (nSPS) is 18.1. The monoisotopic (exact) mass is 497 g/mol. The van der Waals surface area contributed by atoms with Gasteiger partial charge in [0.05, 0.1) is 38.5 Å². The first-order chi connectivity index (χ1) is 17.1. The molecule has 1 saturated heterocycles. The van der Waals surface area contributed by atoms with Gasteiger partial charge in [-0.1, -0.05) is 0 Å². The Balaban J connectivity index is 1.59. The topological polar surface area (TPSA) is 98.7 Å². The number of carbonyl (C=O) groups is 1. The fourth-order valence-corrected chi connectivity index (χ4v) is 4.19. The van der Waals surface area contributed by atoms with Gasteiger partial charge in [-0.15, -0.1) is 0 Å². The van der Waals surface area contributed by atoms with E-state index in [1.165, 1.54) is 4.90 Å². The summed E-state index contributed by atoms with van der Waals surface area (Å²) >= 11 is 0. The molecule has 0 radical (unpaired) electrons. The number of halogens is 1. The summed E-state index contributed by atoms with van der Waals surface area (Å²) in [7, 11) is 3.14. The molecule has 3 heterocycles. The third kappa shape index (κ3) is 5.75. The first-order valence-corrected chi connectivity index (χ1v) is 11.9. The van der Waals surface area contributed by atoms with E-state index < -0.39 is 17.4 Å². The second-order valence-electron chi connectivity index (χ2n) is 9.86. The molecule has 1 aliphatic rings. The number of fused-ring (bicyclic) bond motifs is 1. The van der Waals surface area contributed by atoms with Gasteiger partial charge in [0.2, 0.25) is 0 Å². The van der Waals surface area contributed by atoms with Crippen LogP contribution in [0.4, 0.5) is 15.0 Å². The predicted molar refractivity (Wildman–Crippen MR) is 135 cm³/mol. The van der Waals surface area contributed by atoms with E-state index in [-0.39, 0.29) is 13.1 Å². The van der Waals surface area contributed by atoms with Gasteiger partial charge in [0.1, 0.15) is 16.8 Å². The van der Waals surface area contributed by atoms with E-state index in [0.29, 0.717) is 53.4 Å². The van der Waals surface area contributed by atoms with Crippen molar-refractivity contribution in [2.24, 2.45) is 0 Å². The van der Waals surface area contributed by atoms with Gasteiger partial charge < -0.3 is 24.4 Å². The molecule has 9 nitrogen and oxygen atoms in total. The number of hydrogen-bond acceptors (Lipinski definition) is 8. The van der Waals surface area contributed by atoms with E-state index >= 15 is 4.39 Å². The van der Waals surface area contributed by atoms with Crippen LogP contribution in [0.1, 0.15) is 33.6 Å². The van der Waals surface area contributed by atoms with E-state index in [9.17, 15) is 4.79 Å². The summed E-state index contributed by atoms with van der Waals surface area (Å²) in [5, 5.41) is 3.14. The summed E-state index contributed by atoms with van der Waals surface area (Å²) in [6.45, 7) is 5.74. The molecule has 0 bridgehead atoms. The van der Waals surface area contributed by atoms with Crippen LogP contribution in [0, 0.1) is 0 Å². The zero-order chi connectivity index (χ0) is 25.9. The molecule has 10 heteroatoms.